The van der Waals surface area contributed by atoms with Crippen LogP contribution in [-0.4, -0.2) is 60.1 Å². The summed E-state index contributed by atoms with van der Waals surface area (Å²) in [5.74, 6) is 0.895. The number of carbonyl (C=O) groups excluding carboxylic acids is 2. The molecule has 0 aliphatic carbocycles. The molecule has 4 aromatic rings. The van der Waals surface area contributed by atoms with E-state index in [1.165, 1.54) is 12.2 Å². The molecule has 0 spiro atoms. The van der Waals surface area contributed by atoms with Gasteiger partial charge in [0.15, 0.2) is 0 Å². The summed E-state index contributed by atoms with van der Waals surface area (Å²) >= 11 is 0. The van der Waals surface area contributed by atoms with E-state index in [1.807, 2.05) is 18.2 Å². The minimum Gasteiger partial charge on any atom is -0.463 e. The Labute approximate surface area is 233 Å². The van der Waals surface area contributed by atoms with E-state index in [0.29, 0.717) is 31.9 Å². The quantitative estimate of drug-likeness (QED) is 0.238. The number of carbonyl (C=O) groups is 2. The minimum absolute atomic E-state index is 0.203. The molecule has 1 aliphatic rings. The first kappa shape index (κ1) is 27.0. The van der Waals surface area contributed by atoms with Gasteiger partial charge in [0.1, 0.15) is 5.82 Å². The highest BCUT2D eigenvalue weighted by molar-refractivity contribution is 5.94. The van der Waals surface area contributed by atoms with Gasteiger partial charge in [-0.2, -0.15) is 5.21 Å². The lowest BCUT2D eigenvalue weighted by Gasteiger charge is -2.27. The molecule has 5 rings (SSSR count). The first-order chi connectivity index (χ1) is 19.6. The molecule has 0 radical (unpaired) electrons. The number of aromatic amines is 1. The number of unbranched alkanes of at least 4 members (excludes halogenated alkanes) is 1. The van der Waals surface area contributed by atoms with Gasteiger partial charge < -0.3 is 14.2 Å². The van der Waals surface area contributed by atoms with Crippen molar-refractivity contribution in [1.29, 1.82) is 0 Å². The summed E-state index contributed by atoms with van der Waals surface area (Å²) in [6, 6.07) is 16.5. The Morgan fingerprint density at radius 1 is 1.05 bits per heavy atom. The number of esters is 1. The predicted octanol–water partition coefficient (Wildman–Crippen LogP) is 4.13. The molecule has 40 heavy (non-hydrogen) atoms. The monoisotopic (exact) mass is 539 g/mol. The second-order valence-corrected chi connectivity index (χ2v) is 9.68. The van der Waals surface area contributed by atoms with Crippen molar-refractivity contribution in [1.82, 2.24) is 35.1 Å². The molecule has 10 heteroatoms. The molecule has 2 aromatic heterocycles. The van der Waals surface area contributed by atoms with Crippen molar-refractivity contribution in [3.63, 3.8) is 0 Å². The Bertz CT molecular complexity index is 1490. The maximum atomic E-state index is 12.8. The molecule has 1 aliphatic heterocycles. The Morgan fingerprint density at radius 2 is 1.85 bits per heavy atom. The number of rotatable bonds is 10. The van der Waals surface area contributed by atoms with Gasteiger partial charge in [-0.25, -0.2) is 9.78 Å². The fraction of sp³-hybridized carbons (Fsp3) is 0.333. The van der Waals surface area contributed by atoms with Crippen LogP contribution < -0.4 is 0 Å². The van der Waals surface area contributed by atoms with Gasteiger partial charge in [0, 0.05) is 43.6 Å². The number of H-pyrrole nitrogens is 1. The van der Waals surface area contributed by atoms with Crippen molar-refractivity contribution in [3.8, 4) is 22.5 Å². The summed E-state index contributed by atoms with van der Waals surface area (Å²) in [6.45, 7) is 5.87. The van der Waals surface area contributed by atoms with Gasteiger partial charge >= 0.3 is 5.97 Å². The van der Waals surface area contributed by atoms with E-state index in [-0.39, 0.29) is 12.5 Å². The Hall–Kier alpha value is -4.60. The number of aromatic nitrogens is 6. The van der Waals surface area contributed by atoms with Gasteiger partial charge in [-0.15, -0.1) is 10.2 Å². The van der Waals surface area contributed by atoms with Crippen LogP contribution >= 0.6 is 0 Å². The molecular weight excluding hydrogens is 506 g/mol. The molecular formula is C30H33N7O3. The first-order valence-corrected chi connectivity index (χ1v) is 13.7. The SMILES string of the molecule is CCCCc1nc2c(n1Cc1ccc(-c3ccccc3-c3nn[nH]n3)cc1)CN(C(=O)C=CC(=O)OCC)CC2. The molecule has 0 fully saturated rings. The third-order valence-electron chi connectivity index (χ3n) is 7.03. The Morgan fingerprint density at radius 3 is 2.58 bits per heavy atom. The van der Waals surface area contributed by atoms with E-state index in [2.05, 4.69) is 62.4 Å². The number of ether oxygens (including phenoxy) is 1. The number of amides is 1. The molecule has 0 saturated heterocycles. The fourth-order valence-electron chi connectivity index (χ4n) is 4.98. The van der Waals surface area contributed by atoms with Gasteiger partial charge in [0.25, 0.3) is 0 Å². The van der Waals surface area contributed by atoms with Crippen LogP contribution in [0.15, 0.2) is 60.7 Å². The molecule has 1 N–H and O–H groups in total. The summed E-state index contributed by atoms with van der Waals surface area (Å²) in [6.07, 6.45) is 6.20. The number of hydrogen-bond donors (Lipinski definition) is 1. The van der Waals surface area contributed by atoms with Crippen LogP contribution in [0.2, 0.25) is 0 Å². The number of tetrazole rings is 1. The number of aryl methyl sites for hydroxylation is 1. The standard InChI is InChI=1S/C30H33N7O3/c1-3-5-10-27-31-25-17-18-36(28(38)15-16-29(39)40-4-2)20-26(25)37(27)19-21-11-13-22(14-12-21)23-8-6-7-9-24(23)30-32-34-35-33-30/h6-9,11-16H,3-5,10,17-20H2,1-2H3,(H,32,33,34,35). The van der Waals surface area contributed by atoms with Crippen LogP contribution in [0.4, 0.5) is 0 Å². The molecule has 0 unspecified atom stereocenters. The van der Waals surface area contributed by atoms with Crippen LogP contribution in [0.1, 0.15) is 49.5 Å². The number of imidazole rings is 1. The van der Waals surface area contributed by atoms with Gasteiger partial charge in [-0.1, -0.05) is 61.9 Å². The first-order valence-electron chi connectivity index (χ1n) is 13.7. The average molecular weight is 540 g/mol. The van der Waals surface area contributed by atoms with Crippen LogP contribution in [0, 0.1) is 0 Å². The smallest absolute Gasteiger partial charge is 0.330 e. The van der Waals surface area contributed by atoms with Gasteiger partial charge in [0.05, 0.1) is 24.5 Å². The van der Waals surface area contributed by atoms with Gasteiger partial charge in [-0.3, -0.25) is 4.79 Å². The maximum absolute atomic E-state index is 12.8. The minimum atomic E-state index is -0.510. The molecule has 0 saturated carbocycles. The lowest BCUT2D eigenvalue weighted by atomic mass is 9.98. The number of benzene rings is 2. The van der Waals surface area contributed by atoms with E-state index in [9.17, 15) is 9.59 Å². The number of nitrogens with one attached hydrogen (secondary N) is 1. The number of nitrogens with zero attached hydrogens (tertiary/aromatic N) is 6. The maximum Gasteiger partial charge on any atom is 0.330 e. The van der Waals surface area contributed by atoms with E-state index >= 15 is 0 Å². The van der Waals surface area contributed by atoms with Crippen LogP contribution in [-0.2, 0) is 40.3 Å². The zero-order chi connectivity index (χ0) is 27.9. The third kappa shape index (κ3) is 6.01. The largest absolute Gasteiger partial charge is 0.463 e. The zero-order valence-electron chi connectivity index (χ0n) is 22.8. The number of fused-ring (bicyclic) bond motifs is 1. The fourth-order valence-corrected chi connectivity index (χ4v) is 4.98. The highest BCUT2D eigenvalue weighted by Gasteiger charge is 2.26. The van der Waals surface area contributed by atoms with Crippen LogP contribution in [0.3, 0.4) is 0 Å². The van der Waals surface area contributed by atoms with Gasteiger partial charge in [0.2, 0.25) is 11.7 Å². The van der Waals surface area contributed by atoms with E-state index in [0.717, 1.165) is 58.7 Å². The molecule has 2 aromatic carbocycles. The second-order valence-electron chi connectivity index (χ2n) is 9.68. The molecule has 10 nitrogen and oxygen atoms in total. The summed E-state index contributed by atoms with van der Waals surface area (Å²) in [5, 5.41) is 14.5. The highest BCUT2D eigenvalue weighted by Crippen LogP contribution is 2.30. The topological polar surface area (TPSA) is 119 Å². The zero-order valence-corrected chi connectivity index (χ0v) is 22.8. The van der Waals surface area contributed by atoms with Crippen molar-refractivity contribution in [2.45, 2.75) is 52.6 Å². The molecule has 0 atom stereocenters. The Balaban J connectivity index is 1.38. The van der Waals surface area contributed by atoms with Crippen molar-refractivity contribution < 1.29 is 14.3 Å². The van der Waals surface area contributed by atoms with Gasteiger partial charge in [-0.05, 0) is 35.2 Å². The van der Waals surface area contributed by atoms with Crippen LogP contribution in [0.5, 0.6) is 0 Å². The summed E-state index contributed by atoms with van der Waals surface area (Å²) in [4.78, 5) is 31.3. The summed E-state index contributed by atoms with van der Waals surface area (Å²) in [5.41, 5.74) is 6.26. The van der Waals surface area contributed by atoms with E-state index in [1.54, 1.807) is 11.8 Å². The highest BCUT2D eigenvalue weighted by atomic mass is 16.5. The number of hydrogen-bond acceptors (Lipinski definition) is 7. The molecule has 0 bridgehead atoms. The third-order valence-corrected chi connectivity index (χ3v) is 7.03. The van der Waals surface area contributed by atoms with Crippen molar-refractivity contribution in [2.24, 2.45) is 0 Å². The van der Waals surface area contributed by atoms with E-state index in [4.69, 9.17) is 9.72 Å². The second kappa shape index (κ2) is 12.5. The molecule has 206 valence electrons. The average Bonchev–Trinajstić information content (AvgIpc) is 3.64. The van der Waals surface area contributed by atoms with E-state index < -0.39 is 5.97 Å². The van der Waals surface area contributed by atoms with Crippen molar-refractivity contribution in [3.05, 3.63) is 83.5 Å². The summed E-state index contributed by atoms with van der Waals surface area (Å²) < 4.78 is 7.17. The predicted molar refractivity (Wildman–Crippen MR) is 150 cm³/mol. The van der Waals surface area contributed by atoms with Crippen molar-refractivity contribution >= 4 is 11.9 Å². The lowest BCUT2D eigenvalue weighted by molar-refractivity contribution is -0.137. The van der Waals surface area contributed by atoms with Crippen LogP contribution in [0.25, 0.3) is 22.5 Å². The molecule has 3 heterocycles. The normalized spacial score (nSPS) is 13.0. The summed E-state index contributed by atoms with van der Waals surface area (Å²) in [7, 11) is 0. The lowest BCUT2D eigenvalue weighted by Crippen LogP contribution is -2.36. The van der Waals surface area contributed by atoms with Crippen molar-refractivity contribution in [2.75, 3.05) is 13.2 Å². The molecule has 1 amide bonds. The Kier molecular flexibility index (Phi) is 8.44.